The molecule has 2 aliphatic heterocycles. The predicted octanol–water partition coefficient (Wildman–Crippen LogP) is -0.652. The van der Waals surface area contributed by atoms with E-state index in [0.29, 0.717) is 12.1 Å². The molecule has 1 saturated heterocycles. The van der Waals surface area contributed by atoms with Crippen LogP contribution in [0, 0.1) is 0 Å². The second kappa shape index (κ2) is 1.70. The Balaban J connectivity index is 2.13. The number of amidine groups is 1. The second-order valence-electron chi connectivity index (χ2n) is 2.69. The molecule has 50 valence electrons. The van der Waals surface area contributed by atoms with Gasteiger partial charge in [-0.15, -0.1) is 0 Å². The Kier molecular flexibility index (Phi) is 0.990. The summed E-state index contributed by atoms with van der Waals surface area (Å²) in [5.74, 6) is 1.10. The van der Waals surface area contributed by atoms with Gasteiger partial charge in [0.2, 0.25) is 0 Å². The number of rotatable bonds is 0. The number of nitrogens with one attached hydrogen (secondary N) is 2. The second-order valence-corrected chi connectivity index (χ2v) is 2.69. The molecule has 2 rings (SSSR count). The van der Waals surface area contributed by atoms with Gasteiger partial charge in [-0.05, 0) is 6.92 Å². The molecule has 0 amide bonds. The van der Waals surface area contributed by atoms with Crippen LogP contribution < -0.4 is 10.6 Å². The fourth-order valence-electron chi connectivity index (χ4n) is 1.50. The molecule has 9 heavy (non-hydrogen) atoms. The molecule has 0 bridgehead atoms. The van der Waals surface area contributed by atoms with Crippen molar-refractivity contribution < 1.29 is 0 Å². The number of nitrogens with zero attached hydrogens (tertiary/aromatic N) is 1. The summed E-state index contributed by atoms with van der Waals surface area (Å²) in [6.45, 7) is 4.15. The Morgan fingerprint density at radius 2 is 2.44 bits per heavy atom. The highest BCUT2D eigenvalue weighted by molar-refractivity contribution is 5.82. The van der Waals surface area contributed by atoms with Crippen LogP contribution in [0.1, 0.15) is 6.92 Å². The van der Waals surface area contributed by atoms with Crippen LogP contribution in [0.3, 0.4) is 0 Å². The Morgan fingerprint density at radius 1 is 1.56 bits per heavy atom. The van der Waals surface area contributed by atoms with Gasteiger partial charge in [0.15, 0.2) is 0 Å². The highest BCUT2D eigenvalue weighted by Gasteiger charge is 2.30. The van der Waals surface area contributed by atoms with Crippen molar-refractivity contribution in [3.63, 3.8) is 0 Å². The first-order valence-corrected chi connectivity index (χ1v) is 3.38. The number of hydrogen-bond acceptors (Lipinski definition) is 3. The molecular formula is C6H11N3. The first-order chi connectivity index (χ1) is 4.36. The lowest BCUT2D eigenvalue weighted by atomic mass is 10.2. The van der Waals surface area contributed by atoms with E-state index in [9.17, 15) is 0 Å². The summed E-state index contributed by atoms with van der Waals surface area (Å²) < 4.78 is 0. The normalized spacial score (nSPS) is 39.9. The van der Waals surface area contributed by atoms with Gasteiger partial charge < -0.3 is 10.6 Å². The average molecular weight is 125 g/mol. The van der Waals surface area contributed by atoms with Gasteiger partial charge in [0, 0.05) is 13.1 Å². The zero-order valence-electron chi connectivity index (χ0n) is 5.52. The minimum absolute atomic E-state index is 0.519. The van der Waals surface area contributed by atoms with Crippen molar-refractivity contribution in [1.29, 1.82) is 0 Å². The van der Waals surface area contributed by atoms with E-state index in [2.05, 4.69) is 15.6 Å². The van der Waals surface area contributed by atoms with E-state index in [4.69, 9.17) is 0 Å². The van der Waals surface area contributed by atoms with Gasteiger partial charge in [-0.3, -0.25) is 4.99 Å². The number of fused-ring (bicyclic) bond motifs is 1. The summed E-state index contributed by atoms with van der Waals surface area (Å²) in [7, 11) is 0. The van der Waals surface area contributed by atoms with Crippen molar-refractivity contribution in [3.05, 3.63) is 0 Å². The van der Waals surface area contributed by atoms with Crippen LogP contribution in [-0.2, 0) is 0 Å². The van der Waals surface area contributed by atoms with Crippen molar-refractivity contribution in [2.75, 3.05) is 13.1 Å². The van der Waals surface area contributed by atoms with E-state index in [1.54, 1.807) is 0 Å². The fraction of sp³-hybridized carbons (Fsp3) is 0.833. The third-order valence-corrected chi connectivity index (χ3v) is 1.94. The summed E-state index contributed by atoms with van der Waals surface area (Å²) in [4.78, 5) is 4.39. The first-order valence-electron chi connectivity index (χ1n) is 3.38. The molecule has 0 aromatic rings. The molecule has 0 aliphatic carbocycles. The van der Waals surface area contributed by atoms with Crippen molar-refractivity contribution >= 4 is 5.84 Å². The molecule has 3 nitrogen and oxygen atoms in total. The van der Waals surface area contributed by atoms with Crippen LogP contribution in [0.15, 0.2) is 4.99 Å². The Hall–Kier alpha value is -0.570. The highest BCUT2D eigenvalue weighted by atomic mass is 15.2. The third kappa shape index (κ3) is 0.721. The van der Waals surface area contributed by atoms with Gasteiger partial charge in [0.05, 0.1) is 17.9 Å². The largest absolute Gasteiger partial charge is 0.368 e. The van der Waals surface area contributed by atoms with Crippen LogP contribution in [0.5, 0.6) is 0 Å². The molecule has 0 unspecified atom stereocenters. The van der Waals surface area contributed by atoms with Gasteiger partial charge in [0.1, 0.15) is 0 Å². The molecule has 0 aromatic carbocycles. The third-order valence-electron chi connectivity index (χ3n) is 1.94. The van der Waals surface area contributed by atoms with E-state index in [1.807, 2.05) is 6.92 Å². The maximum atomic E-state index is 4.39. The van der Waals surface area contributed by atoms with Crippen molar-refractivity contribution in [1.82, 2.24) is 10.6 Å². The molecule has 1 fully saturated rings. The lowest BCUT2D eigenvalue weighted by Gasteiger charge is -2.04. The topological polar surface area (TPSA) is 36.4 Å². The van der Waals surface area contributed by atoms with E-state index in [0.717, 1.165) is 18.9 Å². The Morgan fingerprint density at radius 3 is 3.22 bits per heavy atom. The Labute approximate surface area is 54.5 Å². The number of aliphatic imine (C=N–C) groups is 1. The molecule has 2 aliphatic rings. The average Bonchev–Trinajstić information content (AvgIpc) is 2.22. The molecule has 2 atom stereocenters. The maximum Gasteiger partial charge on any atom is 0.0939 e. The number of hydrogen-bond donors (Lipinski definition) is 2. The van der Waals surface area contributed by atoms with Crippen molar-refractivity contribution in [2.24, 2.45) is 4.99 Å². The van der Waals surface area contributed by atoms with Crippen LogP contribution in [0.25, 0.3) is 0 Å². The standard InChI is InChI=1S/C6H11N3/c1-4-8-5-2-7-3-6(5)9-4/h5-7H,2-3H2,1H3,(H,8,9)/t5-,6+. The highest BCUT2D eigenvalue weighted by Crippen LogP contribution is 2.09. The molecule has 0 saturated carbocycles. The fourth-order valence-corrected chi connectivity index (χ4v) is 1.50. The molecule has 0 radical (unpaired) electrons. The van der Waals surface area contributed by atoms with Gasteiger partial charge in [-0.25, -0.2) is 0 Å². The van der Waals surface area contributed by atoms with Crippen LogP contribution in [0.4, 0.5) is 0 Å². The Bertz CT molecular complexity index is 152. The van der Waals surface area contributed by atoms with Gasteiger partial charge in [0.25, 0.3) is 0 Å². The quantitative estimate of drug-likeness (QED) is 0.451. The first kappa shape index (κ1) is 5.23. The minimum Gasteiger partial charge on any atom is -0.368 e. The maximum absolute atomic E-state index is 4.39. The SMILES string of the molecule is CC1=N[C@@H]2CNC[C@@H]2N1. The van der Waals surface area contributed by atoms with Gasteiger partial charge in [-0.1, -0.05) is 0 Å². The molecule has 0 spiro atoms. The van der Waals surface area contributed by atoms with Gasteiger partial charge in [-0.2, -0.15) is 0 Å². The molecule has 2 heterocycles. The molecular weight excluding hydrogens is 114 g/mol. The zero-order valence-corrected chi connectivity index (χ0v) is 5.52. The smallest absolute Gasteiger partial charge is 0.0939 e. The van der Waals surface area contributed by atoms with E-state index in [-0.39, 0.29) is 0 Å². The molecule has 3 heteroatoms. The summed E-state index contributed by atoms with van der Waals surface area (Å²) in [5.41, 5.74) is 0. The van der Waals surface area contributed by atoms with Crippen LogP contribution in [0.2, 0.25) is 0 Å². The van der Waals surface area contributed by atoms with E-state index < -0.39 is 0 Å². The van der Waals surface area contributed by atoms with Crippen LogP contribution >= 0.6 is 0 Å². The lowest BCUT2D eigenvalue weighted by molar-refractivity contribution is 0.636. The van der Waals surface area contributed by atoms with Crippen molar-refractivity contribution in [2.45, 2.75) is 19.0 Å². The predicted molar refractivity (Wildman–Crippen MR) is 36.7 cm³/mol. The monoisotopic (exact) mass is 125 g/mol. The summed E-state index contributed by atoms with van der Waals surface area (Å²) in [6.07, 6.45) is 0. The minimum atomic E-state index is 0.519. The van der Waals surface area contributed by atoms with Gasteiger partial charge >= 0.3 is 0 Å². The summed E-state index contributed by atoms with van der Waals surface area (Å²) in [6, 6.07) is 1.11. The summed E-state index contributed by atoms with van der Waals surface area (Å²) in [5, 5.41) is 6.58. The van der Waals surface area contributed by atoms with E-state index >= 15 is 0 Å². The lowest BCUT2D eigenvalue weighted by Crippen LogP contribution is -2.33. The molecule has 0 aromatic heterocycles. The van der Waals surface area contributed by atoms with E-state index in [1.165, 1.54) is 0 Å². The summed E-state index contributed by atoms with van der Waals surface area (Å²) >= 11 is 0. The molecule has 2 N–H and O–H groups in total. The van der Waals surface area contributed by atoms with Crippen molar-refractivity contribution in [3.8, 4) is 0 Å². The van der Waals surface area contributed by atoms with Crippen LogP contribution in [-0.4, -0.2) is 31.0 Å². The zero-order chi connectivity index (χ0) is 6.27.